The fraction of sp³-hybridized carbons (Fsp3) is 0.636. The van der Waals surface area contributed by atoms with Gasteiger partial charge in [0.1, 0.15) is 11.5 Å². The van der Waals surface area contributed by atoms with Crippen molar-refractivity contribution < 1.29 is 19.8 Å². The summed E-state index contributed by atoms with van der Waals surface area (Å²) >= 11 is 0. The molecule has 1 aromatic carbocycles. The average molecular weight is 408 g/mol. The van der Waals surface area contributed by atoms with Crippen LogP contribution in [0.5, 0.6) is 11.5 Å². The monoisotopic (exact) mass is 407 g/mol. The van der Waals surface area contributed by atoms with Crippen molar-refractivity contribution in [3.05, 3.63) is 23.8 Å². The molecule has 3 amide bonds. The first-order valence-electron chi connectivity index (χ1n) is 10.9. The molecule has 0 unspecified atom stereocenters. The third-order valence-corrected chi connectivity index (χ3v) is 4.83. The highest BCUT2D eigenvalue weighted by atomic mass is 16.3. The van der Waals surface area contributed by atoms with Gasteiger partial charge in [0, 0.05) is 12.6 Å². The molecule has 0 fully saturated rings. The molecular weight excluding hydrogens is 370 g/mol. The zero-order valence-corrected chi connectivity index (χ0v) is 17.6. The number of benzene rings is 1. The lowest BCUT2D eigenvalue weighted by Crippen LogP contribution is -2.47. The van der Waals surface area contributed by atoms with E-state index < -0.39 is 11.9 Å². The summed E-state index contributed by atoms with van der Waals surface area (Å²) in [5.74, 6) is -1.17. The lowest BCUT2D eigenvalue weighted by atomic mass is 10.1. The van der Waals surface area contributed by atoms with Crippen molar-refractivity contribution in [2.45, 2.75) is 84.0 Å². The number of amides is 3. The van der Waals surface area contributed by atoms with Crippen LogP contribution in [-0.2, 0) is 0 Å². The molecule has 0 saturated carbocycles. The predicted molar refractivity (Wildman–Crippen MR) is 115 cm³/mol. The molecule has 5 N–H and O–H groups in total. The smallest absolute Gasteiger partial charge is 0.333 e. The number of aromatic hydroxyl groups is 2. The topological polar surface area (TPSA) is 111 Å². The molecule has 0 atom stereocenters. The zero-order valence-electron chi connectivity index (χ0n) is 17.6. The molecular formula is C22H37N3O4. The average Bonchev–Trinajstić information content (AvgIpc) is 2.69. The zero-order chi connectivity index (χ0) is 21.3. The van der Waals surface area contributed by atoms with Crippen LogP contribution in [0.2, 0.25) is 0 Å². The Kier molecular flexibility index (Phi) is 13.1. The summed E-state index contributed by atoms with van der Waals surface area (Å²) in [6.07, 6.45) is 15.1. The Morgan fingerprint density at radius 1 is 0.793 bits per heavy atom. The molecule has 0 aliphatic rings. The summed E-state index contributed by atoms with van der Waals surface area (Å²) in [4.78, 5) is 23.6. The molecule has 1 rings (SSSR count). The maximum Gasteiger partial charge on any atom is 0.333 e. The van der Waals surface area contributed by atoms with Gasteiger partial charge in [-0.3, -0.25) is 10.2 Å². The number of rotatable bonds is 14. The van der Waals surface area contributed by atoms with E-state index in [9.17, 15) is 19.8 Å². The molecule has 7 nitrogen and oxygen atoms in total. The largest absolute Gasteiger partial charge is 0.508 e. The van der Waals surface area contributed by atoms with Crippen LogP contribution in [0.3, 0.4) is 0 Å². The van der Waals surface area contributed by atoms with Crippen molar-refractivity contribution in [3.8, 4) is 11.5 Å². The lowest BCUT2D eigenvalue weighted by molar-refractivity contribution is 0.0933. The van der Waals surface area contributed by atoms with Crippen molar-refractivity contribution in [2.24, 2.45) is 0 Å². The summed E-state index contributed by atoms with van der Waals surface area (Å²) in [6, 6.07) is 3.11. The summed E-state index contributed by atoms with van der Waals surface area (Å²) in [5, 5.41) is 21.5. The van der Waals surface area contributed by atoms with Gasteiger partial charge in [-0.15, -0.1) is 0 Å². The van der Waals surface area contributed by atoms with E-state index in [0.29, 0.717) is 6.54 Å². The highest BCUT2D eigenvalue weighted by Crippen LogP contribution is 2.22. The van der Waals surface area contributed by atoms with Crippen molar-refractivity contribution in [1.82, 2.24) is 16.2 Å². The number of carbonyl (C=O) groups is 2. The second kappa shape index (κ2) is 15.5. The Morgan fingerprint density at radius 3 is 1.90 bits per heavy atom. The second-order valence-electron chi connectivity index (χ2n) is 7.43. The number of carbonyl (C=O) groups excluding carboxylic acids is 2. The SMILES string of the molecule is CCCCCCCCCCCCCCNC(=O)NNC(=O)c1ccc(O)cc1O. The molecule has 0 aliphatic heterocycles. The molecule has 1 aromatic rings. The minimum Gasteiger partial charge on any atom is -0.508 e. The molecule has 0 aromatic heterocycles. The van der Waals surface area contributed by atoms with E-state index in [-0.39, 0.29) is 17.1 Å². The van der Waals surface area contributed by atoms with E-state index in [0.717, 1.165) is 18.9 Å². The highest BCUT2D eigenvalue weighted by molar-refractivity contribution is 5.97. The normalized spacial score (nSPS) is 10.5. The first-order valence-corrected chi connectivity index (χ1v) is 10.9. The first-order chi connectivity index (χ1) is 14.0. The van der Waals surface area contributed by atoms with E-state index in [1.807, 2.05) is 0 Å². The fourth-order valence-corrected chi connectivity index (χ4v) is 3.11. The van der Waals surface area contributed by atoms with Crippen LogP contribution >= 0.6 is 0 Å². The Labute approximate surface area is 174 Å². The van der Waals surface area contributed by atoms with Crippen LogP contribution in [0.15, 0.2) is 18.2 Å². The molecule has 29 heavy (non-hydrogen) atoms. The number of phenols is 2. The standard InChI is InChI=1S/C22H37N3O4/c1-2-3-4-5-6-7-8-9-10-11-12-13-16-23-22(29)25-24-21(28)19-15-14-18(26)17-20(19)27/h14-15,17,26-27H,2-13,16H2,1H3,(H,24,28)(H2,23,25,29). The van der Waals surface area contributed by atoms with Crippen LogP contribution in [0.4, 0.5) is 4.79 Å². The van der Waals surface area contributed by atoms with Crippen molar-refractivity contribution in [3.63, 3.8) is 0 Å². The van der Waals surface area contributed by atoms with Gasteiger partial charge in [-0.25, -0.2) is 10.2 Å². The van der Waals surface area contributed by atoms with E-state index >= 15 is 0 Å². The van der Waals surface area contributed by atoms with Crippen LogP contribution in [0.25, 0.3) is 0 Å². The molecule has 164 valence electrons. The maximum atomic E-state index is 11.9. The molecule has 0 aliphatic carbocycles. The van der Waals surface area contributed by atoms with Gasteiger partial charge in [-0.05, 0) is 18.6 Å². The Bertz CT molecular complexity index is 608. The molecule has 7 heteroatoms. The number of phenolic OH excluding ortho intramolecular Hbond substituents is 2. The third-order valence-electron chi connectivity index (χ3n) is 4.83. The second-order valence-corrected chi connectivity index (χ2v) is 7.43. The fourth-order valence-electron chi connectivity index (χ4n) is 3.11. The molecule has 0 spiro atoms. The van der Waals surface area contributed by atoms with Crippen molar-refractivity contribution >= 4 is 11.9 Å². The van der Waals surface area contributed by atoms with Crippen LogP contribution in [0.1, 0.15) is 94.3 Å². The number of hydrogen-bond donors (Lipinski definition) is 5. The lowest BCUT2D eigenvalue weighted by Gasteiger charge is -2.10. The van der Waals surface area contributed by atoms with Gasteiger partial charge in [0.15, 0.2) is 0 Å². The summed E-state index contributed by atoms with van der Waals surface area (Å²) in [6.45, 7) is 2.79. The van der Waals surface area contributed by atoms with E-state index in [2.05, 4.69) is 23.1 Å². The Morgan fingerprint density at radius 2 is 1.34 bits per heavy atom. The number of nitrogens with one attached hydrogen (secondary N) is 3. The van der Waals surface area contributed by atoms with Gasteiger partial charge in [0.2, 0.25) is 0 Å². The summed E-state index contributed by atoms with van der Waals surface area (Å²) < 4.78 is 0. The van der Waals surface area contributed by atoms with Gasteiger partial charge >= 0.3 is 6.03 Å². The van der Waals surface area contributed by atoms with Crippen LogP contribution in [0, 0.1) is 0 Å². The molecule has 0 saturated heterocycles. The quantitative estimate of drug-likeness (QED) is 0.226. The number of hydrogen-bond acceptors (Lipinski definition) is 4. The van der Waals surface area contributed by atoms with Crippen LogP contribution < -0.4 is 16.2 Å². The molecule has 0 heterocycles. The minimum absolute atomic E-state index is 0.0379. The molecule has 0 bridgehead atoms. The first kappa shape index (κ1) is 24.6. The van der Waals surface area contributed by atoms with Crippen LogP contribution in [-0.4, -0.2) is 28.7 Å². The summed E-state index contributed by atoms with van der Waals surface area (Å²) in [5.41, 5.74) is 4.42. The van der Waals surface area contributed by atoms with Crippen molar-refractivity contribution in [1.29, 1.82) is 0 Å². The summed E-state index contributed by atoms with van der Waals surface area (Å²) in [7, 11) is 0. The third kappa shape index (κ3) is 11.9. The van der Waals surface area contributed by atoms with E-state index in [1.54, 1.807) is 0 Å². The Balaban J connectivity index is 1.96. The Hall–Kier alpha value is -2.44. The minimum atomic E-state index is -0.664. The van der Waals surface area contributed by atoms with E-state index in [4.69, 9.17) is 0 Å². The van der Waals surface area contributed by atoms with Gasteiger partial charge < -0.3 is 15.5 Å². The molecule has 0 radical (unpaired) electrons. The predicted octanol–water partition coefficient (Wildman–Crippen LogP) is 4.74. The number of unbranched alkanes of at least 4 members (excludes halogenated alkanes) is 11. The maximum absolute atomic E-state index is 11.9. The van der Waals surface area contributed by atoms with E-state index in [1.165, 1.54) is 76.3 Å². The van der Waals surface area contributed by atoms with Gasteiger partial charge in [0.05, 0.1) is 5.56 Å². The highest BCUT2D eigenvalue weighted by Gasteiger charge is 2.12. The van der Waals surface area contributed by atoms with Gasteiger partial charge in [0.25, 0.3) is 5.91 Å². The number of hydrazine groups is 1. The van der Waals surface area contributed by atoms with Crippen molar-refractivity contribution in [2.75, 3.05) is 6.54 Å². The van der Waals surface area contributed by atoms with Gasteiger partial charge in [-0.1, -0.05) is 77.6 Å². The number of urea groups is 1. The van der Waals surface area contributed by atoms with Gasteiger partial charge in [-0.2, -0.15) is 0 Å².